The van der Waals surface area contributed by atoms with Crippen molar-refractivity contribution >= 4 is 28.9 Å². The molecule has 0 saturated carbocycles. The summed E-state index contributed by atoms with van der Waals surface area (Å²) in [5.74, 6) is 0.0463. The number of rotatable bonds is 5. The number of nitrogens with zero attached hydrogens (tertiary/aromatic N) is 1. The third-order valence-electron chi connectivity index (χ3n) is 2.84. The van der Waals surface area contributed by atoms with E-state index < -0.39 is 16.9 Å². The van der Waals surface area contributed by atoms with Crippen LogP contribution in [0, 0.1) is 10.1 Å². The molecule has 7 heteroatoms. The topological polar surface area (TPSA) is 81.5 Å². The van der Waals surface area contributed by atoms with E-state index in [0.29, 0.717) is 5.75 Å². The van der Waals surface area contributed by atoms with Crippen LogP contribution in [-0.2, 0) is 4.79 Å². The maximum Gasteiger partial charge on any atom is 0.294 e. The molecule has 0 aromatic heterocycles. The molecule has 2 rings (SSSR count). The van der Waals surface area contributed by atoms with Crippen LogP contribution in [0.1, 0.15) is 6.92 Å². The maximum absolute atomic E-state index is 12.1. The Morgan fingerprint density at radius 1 is 1.27 bits per heavy atom. The van der Waals surface area contributed by atoms with Gasteiger partial charge in [0.15, 0.2) is 6.10 Å². The lowest BCUT2D eigenvalue weighted by Gasteiger charge is -2.14. The lowest BCUT2D eigenvalue weighted by molar-refractivity contribution is -0.383. The van der Waals surface area contributed by atoms with Gasteiger partial charge in [-0.1, -0.05) is 29.8 Å². The summed E-state index contributed by atoms with van der Waals surface area (Å²) in [4.78, 5) is 22.5. The van der Waals surface area contributed by atoms with Crippen molar-refractivity contribution in [3.63, 3.8) is 0 Å². The van der Waals surface area contributed by atoms with Crippen molar-refractivity contribution in [2.75, 3.05) is 5.32 Å². The number of amides is 1. The molecule has 0 aliphatic rings. The van der Waals surface area contributed by atoms with Crippen LogP contribution in [0.15, 0.2) is 48.5 Å². The van der Waals surface area contributed by atoms with E-state index in [0.717, 1.165) is 0 Å². The molecule has 1 unspecified atom stereocenters. The molecule has 2 aromatic rings. The van der Waals surface area contributed by atoms with Gasteiger partial charge in [0, 0.05) is 11.1 Å². The number of anilines is 1. The molecular weight excluding hydrogens is 308 g/mol. The Balaban J connectivity index is 2.10. The van der Waals surface area contributed by atoms with Gasteiger partial charge in [-0.05, 0) is 31.2 Å². The molecule has 0 fully saturated rings. The molecule has 6 nitrogen and oxygen atoms in total. The minimum Gasteiger partial charge on any atom is -0.481 e. The molecule has 0 aliphatic heterocycles. The van der Waals surface area contributed by atoms with E-state index >= 15 is 0 Å². The molecule has 1 amide bonds. The number of halogens is 1. The van der Waals surface area contributed by atoms with Crippen LogP contribution in [0.25, 0.3) is 0 Å². The highest BCUT2D eigenvalue weighted by Gasteiger charge is 2.20. The highest BCUT2D eigenvalue weighted by atomic mass is 35.5. The van der Waals surface area contributed by atoms with Crippen LogP contribution in [-0.4, -0.2) is 16.9 Å². The summed E-state index contributed by atoms with van der Waals surface area (Å²) in [6.07, 6.45) is -0.808. The third kappa shape index (κ3) is 3.95. The predicted octanol–water partition coefficient (Wildman–Crippen LogP) is 3.65. The van der Waals surface area contributed by atoms with Gasteiger partial charge in [-0.2, -0.15) is 0 Å². The molecule has 1 atom stereocenters. The first-order chi connectivity index (χ1) is 10.5. The van der Waals surface area contributed by atoms with Gasteiger partial charge in [0.05, 0.1) is 4.92 Å². The van der Waals surface area contributed by atoms with Crippen molar-refractivity contribution in [2.45, 2.75) is 13.0 Å². The molecule has 0 saturated heterocycles. The van der Waals surface area contributed by atoms with Crippen LogP contribution in [0.4, 0.5) is 11.4 Å². The summed E-state index contributed by atoms with van der Waals surface area (Å²) in [6, 6.07) is 12.9. The Bertz CT molecular complexity index is 691. The average molecular weight is 321 g/mol. The summed E-state index contributed by atoms with van der Waals surface area (Å²) in [5, 5.41) is 13.7. The van der Waals surface area contributed by atoms with Gasteiger partial charge in [-0.25, -0.2) is 0 Å². The third-order valence-corrected chi connectivity index (χ3v) is 3.07. The highest BCUT2D eigenvalue weighted by molar-refractivity contribution is 6.31. The van der Waals surface area contributed by atoms with Crippen molar-refractivity contribution < 1.29 is 14.5 Å². The second kappa shape index (κ2) is 6.91. The molecule has 0 aliphatic carbocycles. The van der Waals surface area contributed by atoms with E-state index in [2.05, 4.69) is 5.32 Å². The molecule has 0 spiro atoms. The van der Waals surface area contributed by atoms with Gasteiger partial charge in [-0.3, -0.25) is 14.9 Å². The Morgan fingerprint density at radius 3 is 2.59 bits per heavy atom. The van der Waals surface area contributed by atoms with Crippen LogP contribution in [0.3, 0.4) is 0 Å². The molecule has 0 bridgehead atoms. The predicted molar refractivity (Wildman–Crippen MR) is 83.3 cm³/mol. The van der Waals surface area contributed by atoms with E-state index in [4.69, 9.17) is 16.3 Å². The molecule has 1 N–H and O–H groups in total. The zero-order valence-corrected chi connectivity index (χ0v) is 12.4. The van der Waals surface area contributed by atoms with E-state index in [-0.39, 0.29) is 16.4 Å². The minimum atomic E-state index is -0.808. The quantitative estimate of drug-likeness (QED) is 0.673. The summed E-state index contributed by atoms with van der Waals surface area (Å²) in [5.41, 5.74) is -0.198. The van der Waals surface area contributed by atoms with Crippen LogP contribution < -0.4 is 10.1 Å². The Kier molecular flexibility index (Phi) is 4.95. The van der Waals surface area contributed by atoms with Gasteiger partial charge in [0.1, 0.15) is 11.4 Å². The SMILES string of the molecule is CC(Oc1ccccc1)C(=O)Nc1ccc(Cl)cc1[N+](=O)[O-]. The Labute approximate surface area is 131 Å². The summed E-state index contributed by atoms with van der Waals surface area (Å²) >= 11 is 5.73. The number of hydrogen-bond acceptors (Lipinski definition) is 4. The van der Waals surface area contributed by atoms with E-state index in [1.54, 1.807) is 31.2 Å². The number of ether oxygens (including phenoxy) is 1. The first kappa shape index (κ1) is 15.8. The number of para-hydroxylation sites is 1. The van der Waals surface area contributed by atoms with E-state index in [9.17, 15) is 14.9 Å². The smallest absolute Gasteiger partial charge is 0.294 e. The van der Waals surface area contributed by atoms with Crippen molar-refractivity contribution in [1.29, 1.82) is 0 Å². The summed E-state index contributed by atoms with van der Waals surface area (Å²) < 4.78 is 5.46. The number of benzene rings is 2. The first-order valence-corrected chi connectivity index (χ1v) is 6.81. The number of nitro groups is 1. The number of nitro benzene ring substituents is 1. The van der Waals surface area contributed by atoms with Crippen molar-refractivity contribution in [2.24, 2.45) is 0 Å². The normalized spacial score (nSPS) is 11.5. The Hall–Kier alpha value is -2.60. The standard InChI is InChI=1S/C15H13ClN2O4/c1-10(22-12-5-3-2-4-6-12)15(19)17-13-8-7-11(16)9-14(13)18(20)21/h2-10H,1H3,(H,17,19). The fourth-order valence-corrected chi connectivity index (χ4v) is 1.92. The highest BCUT2D eigenvalue weighted by Crippen LogP contribution is 2.28. The summed E-state index contributed by atoms with van der Waals surface area (Å²) in [7, 11) is 0. The van der Waals surface area contributed by atoms with Crippen LogP contribution in [0.5, 0.6) is 5.75 Å². The zero-order valence-electron chi connectivity index (χ0n) is 11.7. The number of hydrogen-bond donors (Lipinski definition) is 1. The van der Waals surface area contributed by atoms with Crippen LogP contribution in [0.2, 0.25) is 5.02 Å². The van der Waals surface area contributed by atoms with E-state index in [1.807, 2.05) is 6.07 Å². The van der Waals surface area contributed by atoms with Gasteiger partial charge < -0.3 is 10.1 Å². The number of carbonyl (C=O) groups excluding carboxylic acids is 1. The average Bonchev–Trinajstić information content (AvgIpc) is 2.49. The van der Waals surface area contributed by atoms with Gasteiger partial charge in [0.25, 0.3) is 11.6 Å². The van der Waals surface area contributed by atoms with Gasteiger partial charge in [0.2, 0.25) is 0 Å². The van der Waals surface area contributed by atoms with Crippen molar-refractivity contribution in [3.8, 4) is 5.75 Å². The van der Waals surface area contributed by atoms with Crippen molar-refractivity contribution in [1.82, 2.24) is 0 Å². The lowest BCUT2D eigenvalue weighted by Crippen LogP contribution is -2.30. The molecule has 22 heavy (non-hydrogen) atoms. The summed E-state index contributed by atoms with van der Waals surface area (Å²) in [6.45, 7) is 1.56. The van der Waals surface area contributed by atoms with E-state index in [1.165, 1.54) is 18.2 Å². The number of nitrogens with one attached hydrogen (secondary N) is 1. The molecule has 0 heterocycles. The second-order valence-electron chi connectivity index (χ2n) is 4.48. The number of carbonyl (C=O) groups is 1. The Morgan fingerprint density at radius 2 is 1.95 bits per heavy atom. The minimum absolute atomic E-state index is 0.0721. The molecule has 2 aromatic carbocycles. The van der Waals surface area contributed by atoms with Crippen molar-refractivity contribution in [3.05, 3.63) is 63.7 Å². The first-order valence-electron chi connectivity index (χ1n) is 6.44. The lowest BCUT2D eigenvalue weighted by atomic mass is 10.2. The second-order valence-corrected chi connectivity index (χ2v) is 4.92. The fraction of sp³-hybridized carbons (Fsp3) is 0.133. The van der Waals surface area contributed by atoms with Gasteiger partial charge >= 0.3 is 0 Å². The molecule has 0 radical (unpaired) electrons. The van der Waals surface area contributed by atoms with Crippen LogP contribution >= 0.6 is 11.6 Å². The molecular formula is C15H13ClN2O4. The zero-order chi connectivity index (χ0) is 16.1. The molecule has 114 valence electrons. The van der Waals surface area contributed by atoms with Gasteiger partial charge in [-0.15, -0.1) is 0 Å². The fourth-order valence-electron chi connectivity index (χ4n) is 1.75. The monoisotopic (exact) mass is 320 g/mol. The maximum atomic E-state index is 12.1. The largest absolute Gasteiger partial charge is 0.481 e.